The Bertz CT molecular complexity index is 19.5. The zero-order valence-corrected chi connectivity index (χ0v) is 4.92. The molecule has 0 fully saturated rings. The fourth-order valence-electron chi connectivity index (χ4n) is 0.201. The molecule has 0 bridgehead atoms. The van der Waals surface area contributed by atoms with Crippen LogP contribution in [-0.4, -0.2) is 18.6 Å². The first kappa shape index (κ1) is 6.31. The molecule has 0 aliphatic rings. The molecule has 0 rings (SSSR count). The molecule has 0 aliphatic heterocycles. The van der Waals surface area contributed by atoms with E-state index in [-0.39, 0.29) is 0 Å². The largest absolute Gasteiger partial charge is 0.478 e. The smallest absolute Gasteiger partial charge is 0.0607 e. The topological polar surface area (TPSA) is 16.6 Å². The molecule has 0 spiro atoms. The Kier molecular flexibility index (Phi) is 5.58. The van der Waals surface area contributed by atoms with Gasteiger partial charge in [-0.1, -0.05) is 0 Å². The van der Waals surface area contributed by atoms with Crippen molar-refractivity contribution >= 4 is 11.8 Å². The molecule has 0 aromatic carbocycles. The van der Waals surface area contributed by atoms with Crippen molar-refractivity contribution in [3.63, 3.8) is 0 Å². The molecular weight excluding hydrogens is 94.1 g/mol. The lowest BCUT2D eigenvalue weighted by Gasteiger charge is -1.93. The third-order valence-electron chi connectivity index (χ3n) is 0.526. The van der Waals surface area contributed by atoms with Crippen LogP contribution in [0.4, 0.5) is 0 Å². The minimum atomic E-state index is 1.14. The maximum absolute atomic E-state index is 3.58. The van der Waals surface area contributed by atoms with Gasteiger partial charge >= 0.3 is 0 Å². The molecule has 0 aromatic rings. The van der Waals surface area contributed by atoms with Crippen LogP contribution < -0.4 is 5.32 Å². The van der Waals surface area contributed by atoms with E-state index >= 15 is 0 Å². The van der Waals surface area contributed by atoms with Crippen molar-refractivity contribution in [1.29, 1.82) is 0 Å². The predicted molar refractivity (Wildman–Crippen MR) is 30.5 cm³/mol. The van der Waals surface area contributed by atoms with Crippen LogP contribution >= 0.6 is 11.8 Å². The second-order valence-electron chi connectivity index (χ2n) is 1.07. The number of hydrogen-bond acceptors (Lipinski definition) is 1. The van der Waals surface area contributed by atoms with E-state index < -0.39 is 0 Å². The third-order valence-corrected chi connectivity index (χ3v) is 1.17. The molecule has 6 heavy (non-hydrogen) atoms. The maximum atomic E-state index is 3.58. The zero-order valence-electron chi connectivity index (χ0n) is 4.11. The van der Waals surface area contributed by atoms with Crippen molar-refractivity contribution < 1.29 is 5.32 Å². The summed E-state index contributed by atoms with van der Waals surface area (Å²) in [5.74, 6) is 1.21. The number of thioether (sulfide) groups is 1. The Balaban J connectivity index is 2.34. The Labute approximate surface area is 43.5 Å². The number of hydrogen-bond donors (Lipinski definition) is 1. The zero-order chi connectivity index (χ0) is 4.83. The summed E-state index contributed by atoms with van der Waals surface area (Å²) in [7, 11) is 3.58. The molecule has 0 unspecified atom stereocenters. The summed E-state index contributed by atoms with van der Waals surface area (Å²) in [6, 6.07) is 0. The van der Waals surface area contributed by atoms with Crippen molar-refractivity contribution in [2.75, 3.05) is 18.6 Å². The van der Waals surface area contributed by atoms with Gasteiger partial charge in [-0.2, -0.15) is 18.8 Å². The summed E-state index contributed by atoms with van der Waals surface area (Å²) in [5.41, 5.74) is 0. The highest BCUT2D eigenvalue weighted by atomic mass is 32.2. The van der Waals surface area contributed by atoms with Crippen molar-refractivity contribution in [1.82, 2.24) is 0 Å². The fraction of sp³-hybridized carbons (Fsp3) is 0.750. The standard InChI is InChI=1S/C4H11NS/c1-5-3-4-6-2/h1,3-5H2,2H3. The van der Waals surface area contributed by atoms with Crippen LogP contribution in [0.25, 0.3) is 0 Å². The van der Waals surface area contributed by atoms with Gasteiger partial charge in [0.25, 0.3) is 0 Å². The number of nitrogens with two attached hydrogens (primary N) is 1. The molecule has 0 saturated carbocycles. The minimum absolute atomic E-state index is 1.14. The van der Waals surface area contributed by atoms with E-state index in [2.05, 4.69) is 13.3 Å². The molecule has 0 atom stereocenters. The second kappa shape index (κ2) is 5.31. The molecule has 0 saturated heterocycles. The lowest BCUT2D eigenvalue weighted by molar-refractivity contribution is -0.590. The minimum Gasteiger partial charge on any atom is -0.478 e. The van der Waals surface area contributed by atoms with E-state index in [9.17, 15) is 0 Å². The van der Waals surface area contributed by atoms with Gasteiger partial charge in [0, 0.05) is 5.75 Å². The van der Waals surface area contributed by atoms with E-state index in [0.717, 1.165) is 6.54 Å². The lowest BCUT2D eigenvalue weighted by Crippen LogP contribution is -2.77. The summed E-state index contributed by atoms with van der Waals surface area (Å²) in [6.45, 7) is 1.14. The molecule has 0 heterocycles. The van der Waals surface area contributed by atoms with Crippen LogP contribution in [0.1, 0.15) is 0 Å². The predicted octanol–water partition coefficient (Wildman–Crippen LogP) is -0.296. The van der Waals surface area contributed by atoms with E-state index in [1.54, 1.807) is 0 Å². The average molecular weight is 105 g/mol. The first-order valence-electron chi connectivity index (χ1n) is 2.01. The molecule has 0 aromatic heterocycles. The van der Waals surface area contributed by atoms with Crippen LogP contribution in [0.3, 0.4) is 0 Å². The lowest BCUT2D eigenvalue weighted by atomic mass is 10.8. The Morgan fingerprint density at radius 2 is 2.50 bits per heavy atom. The molecule has 0 aliphatic carbocycles. The van der Waals surface area contributed by atoms with Crippen molar-refractivity contribution in [3.05, 3.63) is 7.05 Å². The van der Waals surface area contributed by atoms with E-state index in [0.29, 0.717) is 0 Å². The Hall–Kier alpha value is 0.310. The average Bonchev–Trinajstić information content (AvgIpc) is 1.61. The summed E-state index contributed by atoms with van der Waals surface area (Å²) in [6.07, 6.45) is 2.10. The van der Waals surface area contributed by atoms with Crippen LogP contribution in [-0.2, 0) is 0 Å². The molecule has 1 nitrogen and oxygen atoms in total. The number of quaternary nitrogens is 1. The van der Waals surface area contributed by atoms with Gasteiger partial charge in [0.2, 0.25) is 0 Å². The molecule has 0 radical (unpaired) electrons. The Morgan fingerprint density at radius 1 is 1.83 bits per heavy atom. The summed E-state index contributed by atoms with van der Waals surface area (Å²) in [5, 5.41) is 1.94. The first-order chi connectivity index (χ1) is 2.91. The van der Waals surface area contributed by atoms with Gasteiger partial charge in [-0.05, 0) is 6.26 Å². The molecule has 2 N–H and O–H groups in total. The summed E-state index contributed by atoms with van der Waals surface area (Å²) < 4.78 is 0. The molecule has 38 valence electrons. The van der Waals surface area contributed by atoms with E-state index in [1.165, 1.54) is 5.75 Å². The van der Waals surface area contributed by atoms with Crippen molar-refractivity contribution in [3.8, 4) is 0 Å². The SMILES string of the molecule is [CH2-][NH2+]CCSC. The molecule has 0 amide bonds. The fourth-order valence-corrected chi connectivity index (χ4v) is 0.604. The highest BCUT2D eigenvalue weighted by Gasteiger charge is 1.73. The summed E-state index contributed by atoms with van der Waals surface area (Å²) >= 11 is 1.85. The van der Waals surface area contributed by atoms with Crippen molar-refractivity contribution in [2.45, 2.75) is 0 Å². The molecular formula is C4H11NS. The van der Waals surface area contributed by atoms with Gasteiger partial charge in [0.05, 0.1) is 6.54 Å². The Morgan fingerprint density at radius 3 is 2.67 bits per heavy atom. The van der Waals surface area contributed by atoms with Gasteiger partial charge in [-0.25, -0.2) is 0 Å². The third kappa shape index (κ3) is 4.31. The second-order valence-corrected chi connectivity index (χ2v) is 2.06. The first-order valence-corrected chi connectivity index (χ1v) is 3.41. The maximum Gasteiger partial charge on any atom is 0.0607 e. The normalized spacial score (nSPS) is 9.00. The van der Waals surface area contributed by atoms with Crippen molar-refractivity contribution in [2.24, 2.45) is 0 Å². The van der Waals surface area contributed by atoms with Gasteiger partial charge in [0.1, 0.15) is 0 Å². The quantitative estimate of drug-likeness (QED) is 0.385. The van der Waals surface area contributed by atoms with Gasteiger partial charge in [0.15, 0.2) is 0 Å². The van der Waals surface area contributed by atoms with Gasteiger partial charge in [-0.3, -0.25) is 0 Å². The van der Waals surface area contributed by atoms with Gasteiger partial charge < -0.3 is 5.32 Å². The van der Waals surface area contributed by atoms with E-state index in [4.69, 9.17) is 0 Å². The monoisotopic (exact) mass is 105 g/mol. The molecule has 2 heteroatoms. The van der Waals surface area contributed by atoms with Gasteiger partial charge in [-0.15, -0.1) is 0 Å². The van der Waals surface area contributed by atoms with Crippen LogP contribution in [0, 0.1) is 7.05 Å². The van der Waals surface area contributed by atoms with Crippen LogP contribution in [0.2, 0.25) is 0 Å². The highest BCUT2D eigenvalue weighted by molar-refractivity contribution is 7.98. The highest BCUT2D eigenvalue weighted by Crippen LogP contribution is 1.83. The summed E-state index contributed by atoms with van der Waals surface area (Å²) in [4.78, 5) is 0. The number of rotatable bonds is 3. The van der Waals surface area contributed by atoms with E-state index in [1.807, 2.05) is 17.1 Å². The van der Waals surface area contributed by atoms with Crippen LogP contribution in [0.15, 0.2) is 0 Å². The van der Waals surface area contributed by atoms with Crippen LogP contribution in [0.5, 0.6) is 0 Å².